The van der Waals surface area contributed by atoms with E-state index in [4.69, 9.17) is 16.3 Å². The van der Waals surface area contributed by atoms with Gasteiger partial charge < -0.3 is 4.74 Å². The van der Waals surface area contributed by atoms with Crippen molar-refractivity contribution in [3.05, 3.63) is 75.9 Å². The van der Waals surface area contributed by atoms with Gasteiger partial charge in [-0.05, 0) is 48.0 Å². The van der Waals surface area contributed by atoms with Crippen LogP contribution in [0.15, 0.2) is 53.2 Å². The van der Waals surface area contributed by atoms with Crippen molar-refractivity contribution in [3.63, 3.8) is 0 Å². The minimum absolute atomic E-state index is 0.0101. The smallest absolute Gasteiger partial charge is 0.363 e. The zero-order chi connectivity index (χ0) is 15.7. The summed E-state index contributed by atoms with van der Waals surface area (Å²) >= 11 is 5.79. The van der Waals surface area contributed by atoms with Crippen LogP contribution in [0.3, 0.4) is 0 Å². The number of benzene rings is 2. The third kappa shape index (κ3) is 2.89. The number of nitrogens with zero attached hydrogens (tertiary/aromatic N) is 1. The molecule has 2 aromatic rings. The molecule has 6 heteroatoms. The zero-order valence-electron chi connectivity index (χ0n) is 11.0. The molecule has 3 nitrogen and oxygen atoms in total. The summed E-state index contributed by atoms with van der Waals surface area (Å²) in [5.41, 5.74) is 0.911. The molecule has 1 heterocycles. The molecule has 0 saturated heterocycles. The zero-order valence-corrected chi connectivity index (χ0v) is 11.8. The standard InChI is InChI=1S/C16H8ClF2NO2/c17-11-4-2-10(3-5-11)15-20-14(16(21)22-15)8-9-1-6-12(18)13(19)7-9/h1-8H. The summed E-state index contributed by atoms with van der Waals surface area (Å²) in [6.45, 7) is 0. The molecule has 0 atom stereocenters. The molecule has 110 valence electrons. The minimum Gasteiger partial charge on any atom is -0.402 e. The van der Waals surface area contributed by atoms with Crippen molar-refractivity contribution in [2.75, 3.05) is 0 Å². The Balaban J connectivity index is 1.93. The summed E-state index contributed by atoms with van der Waals surface area (Å²) in [5, 5.41) is 0.547. The Hall–Kier alpha value is -2.53. The van der Waals surface area contributed by atoms with Crippen LogP contribution >= 0.6 is 11.6 Å². The summed E-state index contributed by atoms with van der Waals surface area (Å²) < 4.78 is 31.1. The Morgan fingerprint density at radius 1 is 1.05 bits per heavy atom. The van der Waals surface area contributed by atoms with Crippen LogP contribution in [0, 0.1) is 11.6 Å². The number of carbonyl (C=O) groups excluding carboxylic acids is 1. The third-order valence-electron chi connectivity index (χ3n) is 2.96. The number of hydrogen-bond donors (Lipinski definition) is 0. The van der Waals surface area contributed by atoms with Crippen molar-refractivity contribution in [2.24, 2.45) is 4.99 Å². The highest BCUT2D eigenvalue weighted by Gasteiger charge is 2.24. The maximum Gasteiger partial charge on any atom is 0.363 e. The van der Waals surface area contributed by atoms with Gasteiger partial charge in [-0.1, -0.05) is 17.7 Å². The Labute approximate surface area is 129 Å². The second-order valence-electron chi connectivity index (χ2n) is 4.52. The Bertz CT molecular complexity index is 813. The molecule has 0 unspecified atom stereocenters. The first-order valence-corrected chi connectivity index (χ1v) is 6.64. The van der Waals surface area contributed by atoms with Gasteiger partial charge in [0.2, 0.25) is 5.90 Å². The van der Waals surface area contributed by atoms with Crippen LogP contribution < -0.4 is 0 Å². The lowest BCUT2D eigenvalue weighted by Crippen LogP contribution is -2.05. The molecule has 0 bridgehead atoms. The van der Waals surface area contributed by atoms with E-state index < -0.39 is 17.6 Å². The van der Waals surface area contributed by atoms with Gasteiger partial charge in [-0.25, -0.2) is 18.6 Å². The summed E-state index contributed by atoms with van der Waals surface area (Å²) in [6, 6.07) is 9.91. The van der Waals surface area contributed by atoms with Crippen LogP contribution in [0.5, 0.6) is 0 Å². The molecule has 0 amide bonds. The van der Waals surface area contributed by atoms with Crippen LogP contribution in [0.4, 0.5) is 8.78 Å². The fourth-order valence-corrected chi connectivity index (χ4v) is 2.01. The van der Waals surface area contributed by atoms with Gasteiger partial charge in [0.05, 0.1) is 0 Å². The van der Waals surface area contributed by atoms with Crippen molar-refractivity contribution in [2.45, 2.75) is 0 Å². The number of ether oxygens (including phenoxy) is 1. The molecule has 0 fully saturated rings. The lowest BCUT2D eigenvalue weighted by molar-refractivity contribution is -0.129. The molecule has 22 heavy (non-hydrogen) atoms. The van der Waals surface area contributed by atoms with E-state index in [1.165, 1.54) is 12.1 Å². The van der Waals surface area contributed by atoms with E-state index in [2.05, 4.69) is 4.99 Å². The van der Waals surface area contributed by atoms with Crippen LogP contribution in [-0.2, 0) is 9.53 Å². The maximum atomic E-state index is 13.2. The topological polar surface area (TPSA) is 38.7 Å². The Morgan fingerprint density at radius 2 is 1.77 bits per heavy atom. The Kier molecular flexibility index (Phi) is 3.73. The summed E-state index contributed by atoms with van der Waals surface area (Å²) in [4.78, 5) is 15.8. The molecular weight excluding hydrogens is 312 g/mol. The van der Waals surface area contributed by atoms with Gasteiger partial charge in [-0.3, -0.25) is 0 Å². The molecule has 1 aliphatic rings. The first-order chi connectivity index (χ1) is 10.5. The molecule has 0 N–H and O–H groups in total. The predicted octanol–water partition coefficient (Wildman–Crippen LogP) is 3.96. The molecule has 0 aromatic heterocycles. The molecule has 0 saturated carbocycles. The van der Waals surface area contributed by atoms with E-state index in [0.29, 0.717) is 16.1 Å². The number of carbonyl (C=O) groups is 1. The van der Waals surface area contributed by atoms with Crippen molar-refractivity contribution in [1.82, 2.24) is 0 Å². The highest BCUT2D eigenvalue weighted by Crippen LogP contribution is 2.21. The Morgan fingerprint density at radius 3 is 2.45 bits per heavy atom. The van der Waals surface area contributed by atoms with Crippen LogP contribution in [0.2, 0.25) is 5.02 Å². The van der Waals surface area contributed by atoms with E-state index >= 15 is 0 Å². The number of aliphatic imine (C=N–C) groups is 1. The van der Waals surface area contributed by atoms with E-state index in [1.54, 1.807) is 24.3 Å². The average Bonchev–Trinajstić information content (AvgIpc) is 2.85. The summed E-state index contributed by atoms with van der Waals surface area (Å²) in [6.07, 6.45) is 1.33. The van der Waals surface area contributed by atoms with Gasteiger partial charge >= 0.3 is 5.97 Å². The van der Waals surface area contributed by atoms with Gasteiger partial charge in [0, 0.05) is 10.6 Å². The minimum atomic E-state index is -0.998. The van der Waals surface area contributed by atoms with E-state index in [0.717, 1.165) is 12.1 Å². The van der Waals surface area contributed by atoms with Crippen molar-refractivity contribution >= 4 is 29.5 Å². The second kappa shape index (κ2) is 5.69. The van der Waals surface area contributed by atoms with Crippen molar-refractivity contribution in [1.29, 1.82) is 0 Å². The second-order valence-corrected chi connectivity index (χ2v) is 4.95. The lowest BCUT2D eigenvalue weighted by Gasteiger charge is -1.98. The molecule has 1 aliphatic heterocycles. The summed E-state index contributed by atoms with van der Waals surface area (Å²) in [7, 11) is 0. The third-order valence-corrected chi connectivity index (χ3v) is 3.21. The first-order valence-electron chi connectivity index (χ1n) is 6.26. The lowest BCUT2D eigenvalue weighted by atomic mass is 10.2. The number of cyclic esters (lactones) is 1. The van der Waals surface area contributed by atoms with Gasteiger partial charge in [0.25, 0.3) is 0 Å². The number of halogens is 3. The normalized spacial score (nSPS) is 15.9. The van der Waals surface area contributed by atoms with E-state index in [1.807, 2.05) is 0 Å². The molecule has 2 aromatic carbocycles. The quantitative estimate of drug-likeness (QED) is 0.620. The molecule has 3 rings (SSSR count). The van der Waals surface area contributed by atoms with E-state index in [-0.39, 0.29) is 11.6 Å². The van der Waals surface area contributed by atoms with Gasteiger partial charge in [-0.2, -0.15) is 0 Å². The first kappa shape index (κ1) is 14.4. The van der Waals surface area contributed by atoms with Gasteiger partial charge in [0.1, 0.15) is 0 Å². The highest BCUT2D eigenvalue weighted by atomic mass is 35.5. The molecule has 0 spiro atoms. The monoisotopic (exact) mass is 319 g/mol. The van der Waals surface area contributed by atoms with Crippen LogP contribution in [0.1, 0.15) is 11.1 Å². The highest BCUT2D eigenvalue weighted by molar-refractivity contribution is 6.30. The fraction of sp³-hybridized carbons (Fsp3) is 0. The predicted molar refractivity (Wildman–Crippen MR) is 78.4 cm³/mol. The fourth-order valence-electron chi connectivity index (χ4n) is 1.89. The molecule has 0 radical (unpaired) electrons. The number of esters is 1. The van der Waals surface area contributed by atoms with Crippen LogP contribution in [-0.4, -0.2) is 11.9 Å². The maximum absolute atomic E-state index is 13.2. The van der Waals surface area contributed by atoms with Gasteiger partial charge in [0.15, 0.2) is 17.3 Å². The van der Waals surface area contributed by atoms with Crippen molar-refractivity contribution in [3.8, 4) is 0 Å². The SMILES string of the molecule is O=C1OC(c2ccc(Cl)cc2)=NC1=Cc1ccc(F)c(F)c1. The number of rotatable bonds is 2. The average molecular weight is 320 g/mol. The molecular formula is C16H8ClF2NO2. The van der Waals surface area contributed by atoms with Gasteiger partial charge in [-0.15, -0.1) is 0 Å². The van der Waals surface area contributed by atoms with Crippen molar-refractivity contribution < 1.29 is 18.3 Å². The largest absolute Gasteiger partial charge is 0.402 e. The summed E-state index contributed by atoms with van der Waals surface area (Å²) in [5.74, 6) is -2.48. The van der Waals surface area contributed by atoms with E-state index in [9.17, 15) is 13.6 Å². The molecule has 0 aliphatic carbocycles. The van der Waals surface area contributed by atoms with Crippen LogP contribution in [0.25, 0.3) is 6.08 Å². The number of hydrogen-bond acceptors (Lipinski definition) is 3.